The van der Waals surface area contributed by atoms with Gasteiger partial charge in [-0.05, 0) is 49.4 Å². The predicted octanol–water partition coefficient (Wildman–Crippen LogP) is 4.67. The van der Waals surface area contributed by atoms with Gasteiger partial charge in [-0.15, -0.1) is 0 Å². The molecule has 1 aliphatic rings. The van der Waals surface area contributed by atoms with Gasteiger partial charge >= 0.3 is 0 Å². The summed E-state index contributed by atoms with van der Waals surface area (Å²) < 4.78 is 18.6. The van der Waals surface area contributed by atoms with Crippen molar-refractivity contribution in [3.05, 3.63) is 58.7 Å². The van der Waals surface area contributed by atoms with Crippen molar-refractivity contribution in [2.75, 3.05) is 0 Å². The number of amides is 1. The summed E-state index contributed by atoms with van der Waals surface area (Å²) in [7, 11) is 0. The van der Waals surface area contributed by atoms with Crippen LogP contribution < -0.4 is 5.32 Å². The molecule has 1 aliphatic carbocycles. The minimum Gasteiger partial charge on any atom is -0.345 e. The molecule has 1 aromatic carbocycles. The Morgan fingerprint density at radius 3 is 2.59 bits per heavy atom. The standard InChI is InChI=1S/C21H22FN3O2/c1-11(2)19(14-6-8-15(22)9-7-14)24-20(26)16-10-17(13-4-5-13)23-21-18(16)12(3)25-27-21/h6-11,13,19H,4-5H2,1-3H3,(H,24,26)/t19-/m1/s1. The van der Waals surface area contributed by atoms with Crippen LogP contribution in [0, 0.1) is 18.7 Å². The van der Waals surface area contributed by atoms with Crippen molar-refractivity contribution in [2.24, 2.45) is 5.92 Å². The third-order valence-corrected chi connectivity index (χ3v) is 5.06. The van der Waals surface area contributed by atoms with Gasteiger partial charge in [0, 0.05) is 11.6 Å². The lowest BCUT2D eigenvalue weighted by atomic mass is 9.95. The molecule has 0 saturated heterocycles. The summed E-state index contributed by atoms with van der Waals surface area (Å²) in [5.74, 6) is 0.0452. The molecule has 1 atom stereocenters. The maximum Gasteiger partial charge on any atom is 0.259 e. The lowest BCUT2D eigenvalue weighted by molar-refractivity contribution is 0.0927. The molecule has 6 heteroatoms. The minimum atomic E-state index is -0.294. The number of hydrogen-bond acceptors (Lipinski definition) is 4. The van der Waals surface area contributed by atoms with Crippen LogP contribution in [0.2, 0.25) is 0 Å². The van der Waals surface area contributed by atoms with E-state index in [4.69, 9.17) is 4.52 Å². The monoisotopic (exact) mass is 367 g/mol. The molecule has 0 radical (unpaired) electrons. The number of benzene rings is 1. The van der Waals surface area contributed by atoms with Gasteiger partial charge < -0.3 is 9.84 Å². The highest BCUT2D eigenvalue weighted by atomic mass is 19.1. The summed E-state index contributed by atoms with van der Waals surface area (Å²) in [6.45, 7) is 5.86. The highest BCUT2D eigenvalue weighted by Crippen LogP contribution is 2.40. The molecule has 1 saturated carbocycles. The van der Waals surface area contributed by atoms with E-state index in [0.29, 0.717) is 28.3 Å². The number of halogens is 1. The number of fused-ring (bicyclic) bond motifs is 1. The van der Waals surface area contributed by atoms with E-state index >= 15 is 0 Å². The Morgan fingerprint density at radius 1 is 1.26 bits per heavy atom. The molecule has 0 spiro atoms. The highest BCUT2D eigenvalue weighted by molar-refractivity contribution is 6.06. The van der Waals surface area contributed by atoms with Crippen molar-refractivity contribution in [1.29, 1.82) is 0 Å². The van der Waals surface area contributed by atoms with Crippen LogP contribution in [-0.4, -0.2) is 16.0 Å². The summed E-state index contributed by atoms with van der Waals surface area (Å²) in [6.07, 6.45) is 2.16. The molecule has 27 heavy (non-hydrogen) atoms. The van der Waals surface area contributed by atoms with Crippen molar-refractivity contribution in [3.63, 3.8) is 0 Å². The average Bonchev–Trinajstić information content (AvgIpc) is 3.43. The van der Waals surface area contributed by atoms with Crippen molar-refractivity contribution in [2.45, 2.75) is 45.6 Å². The first-order chi connectivity index (χ1) is 12.9. The number of nitrogens with zero attached hydrogens (tertiary/aromatic N) is 2. The van der Waals surface area contributed by atoms with Crippen LogP contribution in [-0.2, 0) is 0 Å². The Labute approximate surface area is 157 Å². The fourth-order valence-electron chi connectivity index (χ4n) is 3.41. The second-order valence-corrected chi connectivity index (χ2v) is 7.56. The summed E-state index contributed by atoms with van der Waals surface area (Å²) in [5, 5.41) is 7.74. The SMILES string of the molecule is Cc1noc2nc(C3CC3)cc(C(=O)N[C@@H](c3ccc(F)cc3)C(C)C)c12. The molecule has 4 rings (SSSR count). The molecule has 1 N–H and O–H groups in total. The van der Waals surface area contributed by atoms with Crippen LogP contribution in [0.3, 0.4) is 0 Å². The molecule has 0 aliphatic heterocycles. The van der Waals surface area contributed by atoms with E-state index < -0.39 is 0 Å². The maximum atomic E-state index is 13.3. The van der Waals surface area contributed by atoms with Crippen LogP contribution in [0.25, 0.3) is 11.1 Å². The van der Waals surface area contributed by atoms with Gasteiger partial charge in [-0.1, -0.05) is 31.1 Å². The molecule has 0 bridgehead atoms. The molecule has 0 unspecified atom stereocenters. The van der Waals surface area contributed by atoms with E-state index in [-0.39, 0.29) is 23.7 Å². The van der Waals surface area contributed by atoms with E-state index in [9.17, 15) is 9.18 Å². The van der Waals surface area contributed by atoms with Crippen molar-refractivity contribution in [3.8, 4) is 0 Å². The van der Waals surface area contributed by atoms with Gasteiger partial charge in [-0.25, -0.2) is 9.37 Å². The van der Waals surface area contributed by atoms with Crippen LogP contribution in [0.1, 0.15) is 66.0 Å². The number of hydrogen-bond donors (Lipinski definition) is 1. The summed E-state index contributed by atoms with van der Waals surface area (Å²) >= 11 is 0. The van der Waals surface area contributed by atoms with Crippen LogP contribution >= 0.6 is 0 Å². The smallest absolute Gasteiger partial charge is 0.259 e. The molecular weight excluding hydrogens is 345 g/mol. The quantitative estimate of drug-likeness (QED) is 0.711. The number of nitrogens with one attached hydrogen (secondary N) is 1. The molecule has 3 aromatic rings. The van der Waals surface area contributed by atoms with E-state index in [1.165, 1.54) is 12.1 Å². The van der Waals surface area contributed by atoms with Gasteiger partial charge in [0.1, 0.15) is 5.82 Å². The Hall–Kier alpha value is -2.76. The predicted molar refractivity (Wildman–Crippen MR) is 100.0 cm³/mol. The molecular formula is C21H22FN3O2. The van der Waals surface area contributed by atoms with Gasteiger partial charge in [-0.3, -0.25) is 4.79 Å². The second-order valence-electron chi connectivity index (χ2n) is 7.56. The van der Waals surface area contributed by atoms with Crippen LogP contribution in [0.4, 0.5) is 4.39 Å². The first kappa shape index (κ1) is 17.6. The van der Waals surface area contributed by atoms with E-state index in [1.54, 1.807) is 19.1 Å². The Morgan fingerprint density at radius 2 is 1.96 bits per heavy atom. The van der Waals surface area contributed by atoms with Crippen molar-refractivity contribution >= 4 is 17.0 Å². The number of carbonyl (C=O) groups is 1. The summed E-state index contributed by atoms with van der Waals surface area (Å²) in [4.78, 5) is 17.7. The second kappa shape index (κ2) is 6.76. The molecule has 1 amide bonds. The van der Waals surface area contributed by atoms with Gasteiger partial charge in [0.2, 0.25) is 0 Å². The van der Waals surface area contributed by atoms with E-state index in [0.717, 1.165) is 24.1 Å². The number of carbonyl (C=O) groups excluding carboxylic acids is 1. The first-order valence-corrected chi connectivity index (χ1v) is 9.27. The summed E-state index contributed by atoms with van der Waals surface area (Å²) in [5.41, 5.74) is 3.34. The van der Waals surface area contributed by atoms with Gasteiger partial charge in [0.05, 0.1) is 22.7 Å². The number of aromatic nitrogens is 2. The molecule has 2 heterocycles. The van der Waals surface area contributed by atoms with Crippen molar-refractivity contribution in [1.82, 2.24) is 15.5 Å². The topological polar surface area (TPSA) is 68.0 Å². The molecule has 140 valence electrons. The lowest BCUT2D eigenvalue weighted by Gasteiger charge is -2.23. The fraction of sp³-hybridized carbons (Fsp3) is 0.381. The van der Waals surface area contributed by atoms with E-state index in [2.05, 4.69) is 15.5 Å². The van der Waals surface area contributed by atoms with Gasteiger partial charge in [0.25, 0.3) is 11.6 Å². The molecule has 2 aromatic heterocycles. The first-order valence-electron chi connectivity index (χ1n) is 9.27. The van der Waals surface area contributed by atoms with Crippen LogP contribution in [0.15, 0.2) is 34.9 Å². The number of aryl methyl sites for hydroxylation is 1. The van der Waals surface area contributed by atoms with Gasteiger partial charge in [-0.2, -0.15) is 0 Å². The highest BCUT2D eigenvalue weighted by Gasteiger charge is 2.29. The Kier molecular flexibility index (Phi) is 4.42. The number of pyridine rings is 1. The normalized spacial score (nSPS) is 15.3. The largest absolute Gasteiger partial charge is 0.345 e. The zero-order valence-electron chi connectivity index (χ0n) is 15.6. The molecule has 1 fully saturated rings. The van der Waals surface area contributed by atoms with Crippen molar-refractivity contribution < 1.29 is 13.7 Å². The maximum absolute atomic E-state index is 13.3. The third-order valence-electron chi connectivity index (χ3n) is 5.06. The fourth-order valence-corrected chi connectivity index (χ4v) is 3.41. The van der Waals surface area contributed by atoms with Crippen LogP contribution in [0.5, 0.6) is 0 Å². The average molecular weight is 367 g/mol. The van der Waals surface area contributed by atoms with Gasteiger partial charge in [0.15, 0.2) is 0 Å². The minimum absolute atomic E-state index is 0.142. The number of rotatable bonds is 5. The van der Waals surface area contributed by atoms with E-state index in [1.807, 2.05) is 19.9 Å². The zero-order valence-corrected chi connectivity index (χ0v) is 15.6. The Bertz CT molecular complexity index is 991. The lowest BCUT2D eigenvalue weighted by Crippen LogP contribution is -2.32. The summed E-state index contributed by atoms with van der Waals surface area (Å²) in [6, 6.07) is 7.88. The molecule has 5 nitrogen and oxygen atoms in total. The zero-order chi connectivity index (χ0) is 19.1. The third kappa shape index (κ3) is 3.44. The Balaban J connectivity index is 1.70.